The number of aromatic nitrogens is 1. The summed E-state index contributed by atoms with van der Waals surface area (Å²) < 4.78 is 31.1. The number of nitrogens with zero attached hydrogens (tertiary/aromatic N) is 2. The maximum atomic E-state index is 15.0. The van der Waals surface area contributed by atoms with Gasteiger partial charge < -0.3 is 14.2 Å². The largest absolute Gasteiger partial charge is 0.481 e. The molecule has 0 N–H and O–H groups in total. The smallest absolute Gasteiger partial charge is 0.343 e. The number of hydrogen-bond acceptors (Lipinski definition) is 7. The molecule has 8 heteroatoms. The van der Waals surface area contributed by atoms with Gasteiger partial charge in [0, 0.05) is 24.2 Å². The monoisotopic (exact) mass is 562 g/mol. The molecule has 218 valence electrons. The quantitative estimate of drug-likeness (QED) is 0.179. The maximum Gasteiger partial charge on any atom is 0.343 e. The van der Waals surface area contributed by atoms with Gasteiger partial charge in [-0.25, -0.2) is 14.2 Å². The molecule has 4 rings (SSSR count). The van der Waals surface area contributed by atoms with Crippen LogP contribution in [0.1, 0.15) is 73.0 Å². The molecule has 41 heavy (non-hydrogen) atoms. The summed E-state index contributed by atoms with van der Waals surface area (Å²) in [5.74, 6) is -0.0499. The van der Waals surface area contributed by atoms with Crippen LogP contribution in [0.2, 0.25) is 0 Å². The third kappa shape index (κ3) is 7.30. The van der Waals surface area contributed by atoms with Gasteiger partial charge in [0.1, 0.15) is 11.6 Å². The lowest BCUT2D eigenvalue weighted by molar-refractivity contribution is -0.141. The normalized spacial score (nSPS) is 13.8. The van der Waals surface area contributed by atoms with E-state index in [-0.39, 0.29) is 17.9 Å². The zero-order valence-electron chi connectivity index (χ0n) is 24.7. The average Bonchev–Trinajstić information content (AvgIpc) is 3.80. The lowest BCUT2D eigenvalue weighted by Crippen LogP contribution is -2.30. The molecule has 1 saturated carbocycles. The number of carbonyl (C=O) groups is 2. The number of halogens is 1. The van der Waals surface area contributed by atoms with Crippen LogP contribution in [-0.2, 0) is 16.1 Å². The van der Waals surface area contributed by atoms with E-state index < -0.39 is 11.8 Å². The molecule has 0 spiro atoms. The van der Waals surface area contributed by atoms with Gasteiger partial charge in [-0.1, -0.05) is 25.1 Å². The standard InChI is InChI=1S/C33H39FN2O5/c1-7-36(20(2)3)19-24-15-26(21(4)13-28(24)29-16-31(39-5)35-18-30(29)34)33(38)41-25-10-8-9-23(14-25)27(22-11-12-22)17-32(37)40-6/h8-10,13-16,18,20,22,27H,7,11-12,17,19H2,1-6H3. The Kier molecular flexibility index (Phi) is 9.76. The number of aryl methyl sites for hydroxylation is 1. The minimum Gasteiger partial charge on any atom is -0.481 e. The van der Waals surface area contributed by atoms with Crippen molar-refractivity contribution in [1.82, 2.24) is 9.88 Å². The van der Waals surface area contributed by atoms with Crippen LogP contribution in [0.4, 0.5) is 4.39 Å². The summed E-state index contributed by atoms with van der Waals surface area (Å²) in [5, 5.41) is 0. The first-order valence-electron chi connectivity index (χ1n) is 14.1. The van der Waals surface area contributed by atoms with Gasteiger partial charge in [-0.15, -0.1) is 0 Å². The van der Waals surface area contributed by atoms with Gasteiger partial charge in [-0.2, -0.15) is 0 Å². The van der Waals surface area contributed by atoms with E-state index in [1.807, 2.05) is 31.2 Å². The Morgan fingerprint density at radius 3 is 2.49 bits per heavy atom. The third-order valence-corrected chi connectivity index (χ3v) is 7.81. The van der Waals surface area contributed by atoms with Crippen molar-refractivity contribution in [3.63, 3.8) is 0 Å². The van der Waals surface area contributed by atoms with Gasteiger partial charge in [-0.3, -0.25) is 9.69 Å². The first-order valence-corrected chi connectivity index (χ1v) is 14.1. The van der Waals surface area contributed by atoms with E-state index in [0.717, 1.165) is 36.7 Å². The molecule has 1 aliphatic rings. The fourth-order valence-electron chi connectivity index (χ4n) is 5.26. The maximum absolute atomic E-state index is 15.0. The van der Waals surface area contributed by atoms with Crippen LogP contribution in [-0.4, -0.2) is 48.6 Å². The zero-order chi connectivity index (χ0) is 29.7. The van der Waals surface area contributed by atoms with Crippen molar-refractivity contribution in [3.05, 3.63) is 76.7 Å². The highest BCUT2D eigenvalue weighted by Gasteiger charge is 2.34. The number of benzene rings is 2. The Morgan fingerprint density at radius 2 is 1.85 bits per heavy atom. The highest BCUT2D eigenvalue weighted by Crippen LogP contribution is 2.45. The van der Waals surface area contributed by atoms with Crippen molar-refractivity contribution < 1.29 is 28.2 Å². The molecular formula is C33H39FN2O5. The topological polar surface area (TPSA) is 78.0 Å². The number of hydrogen-bond donors (Lipinski definition) is 0. The Bertz CT molecular complexity index is 1400. The summed E-state index contributed by atoms with van der Waals surface area (Å²) in [6.45, 7) is 9.39. The van der Waals surface area contributed by atoms with Gasteiger partial charge >= 0.3 is 11.9 Å². The van der Waals surface area contributed by atoms with Crippen LogP contribution in [0.3, 0.4) is 0 Å². The van der Waals surface area contributed by atoms with E-state index in [2.05, 4.69) is 30.7 Å². The molecule has 1 atom stereocenters. The molecule has 0 amide bonds. The number of rotatable bonds is 12. The molecule has 3 aromatic rings. The Morgan fingerprint density at radius 1 is 1.10 bits per heavy atom. The molecule has 7 nitrogen and oxygen atoms in total. The molecule has 0 radical (unpaired) electrons. The van der Waals surface area contributed by atoms with Gasteiger partial charge in [0.25, 0.3) is 0 Å². The fourth-order valence-corrected chi connectivity index (χ4v) is 5.26. The van der Waals surface area contributed by atoms with E-state index >= 15 is 4.39 Å². The highest BCUT2D eigenvalue weighted by molar-refractivity contribution is 5.94. The predicted octanol–water partition coefficient (Wildman–Crippen LogP) is 6.71. The van der Waals surface area contributed by atoms with Crippen molar-refractivity contribution in [1.29, 1.82) is 0 Å². The molecule has 2 aromatic carbocycles. The molecule has 0 aliphatic heterocycles. The van der Waals surface area contributed by atoms with E-state index in [4.69, 9.17) is 14.2 Å². The average molecular weight is 563 g/mol. The molecular weight excluding hydrogens is 523 g/mol. The Balaban J connectivity index is 1.68. The van der Waals surface area contributed by atoms with Crippen molar-refractivity contribution in [2.24, 2.45) is 5.92 Å². The molecule has 0 saturated heterocycles. The van der Waals surface area contributed by atoms with Crippen LogP contribution in [0.25, 0.3) is 11.1 Å². The van der Waals surface area contributed by atoms with Crippen molar-refractivity contribution in [2.75, 3.05) is 20.8 Å². The van der Waals surface area contributed by atoms with Crippen molar-refractivity contribution >= 4 is 11.9 Å². The molecule has 1 unspecified atom stereocenters. The minimum absolute atomic E-state index is 0.0250. The second-order valence-corrected chi connectivity index (χ2v) is 10.9. The third-order valence-electron chi connectivity index (χ3n) is 7.81. The Hall–Kier alpha value is -3.78. The van der Waals surface area contributed by atoms with Crippen molar-refractivity contribution in [3.8, 4) is 22.8 Å². The number of methoxy groups -OCH3 is 2. The first kappa shape index (κ1) is 30.2. The van der Waals surface area contributed by atoms with E-state index in [1.54, 1.807) is 18.2 Å². The molecule has 1 aromatic heterocycles. The summed E-state index contributed by atoms with van der Waals surface area (Å²) in [6.07, 6.45) is 3.57. The molecule has 1 aliphatic carbocycles. The van der Waals surface area contributed by atoms with Crippen LogP contribution in [0, 0.1) is 18.7 Å². The van der Waals surface area contributed by atoms with Crippen LogP contribution < -0.4 is 9.47 Å². The van der Waals surface area contributed by atoms with Gasteiger partial charge in [-0.05, 0) is 92.4 Å². The SMILES string of the molecule is CCN(Cc1cc(C(=O)Oc2cccc(C(CC(=O)OC)C3CC3)c2)c(C)cc1-c1cc(OC)ncc1F)C(C)C. The second kappa shape index (κ2) is 13.3. The summed E-state index contributed by atoms with van der Waals surface area (Å²) in [4.78, 5) is 31.8. The predicted molar refractivity (Wildman–Crippen MR) is 156 cm³/mol. The van der Waals surface area contributed by atoms with Gasteiger partial charge in [0.2, 0.25) is 5.88 Å². The summed E-state index contributed by atoms with van der Waals surface area (Å²) >= 11 is 0. The van der Waals surface area contributed by atoms with Crippen molar-refractivity contribution in [2.45, 2.75) is 65.5 Å². The van der Waals surface area contributed by atoms with Crippen LogP contribution >= 0.6 is 0 Å². The zero-order valence-corrected chi connectivity index (χ0v) is 24.7. The van der Waals surface area contributed by atoms with Crippen LogP contribution in [0.5, 0.6) is 11.6 Å². The summed E-state index contributed by atoms with van der Waals surface area (Å²) in [7, 11) is 2.89. The number of esters is 2. The van der Waals surface area contributed by atoms with E-state index in [1.165, 1.54) is 14.2 Å². The summed E-state index contributed by atoms with van der Waals surface area (Å²) in [6, 6.07) is 12.8. The number of carbonyl (C=O) groups excluding carboxylic acids is 2. The molecule has 1 heterocycles. The van der Waals surface area contributed by atoms with Gasteiger partial charge in [0.05, 0.1) is 32.4 Å². The lowest BCUT2D eigenvalue weighted by Gasteiger charge is -2.26. The Labute approximate surface area is 241 Å². The summed E-state index contributed by atoms with van der Waals surface area (Å²) in [5.41, 5.74) is 3.85. The minimum atomic E-state index is -0.497. The molecule has 0 bridgehead atoms. The molecule has 1 fully saturated rings. The second-order valence-electron chi connectivity index (χ2n) is 10.9. The number of ether oxygens (including phenoxy) is 3. The van der Waals surface area contributed by atoms with E-state index in [9.17, 15) is 9.59 Å². The number of pyridine rings is 1. The lowest BCUT2D eigenvalue weighted by atomic mass is 9.91. The first-order chi connectivity index (χ1) is 19.6. The van der Waals surface area contributed by atoms with Crippen LogP contribution in [0.15, 0.2) is 48.7 Å². The van der Waals surface area contributed by atoms with E-state index in [0.29, 0.717) is 52.8 Å². The highest BCUT2D eigenvalue weighted by atomic mass is 19.1. The fraction of sp³-hybridized carbons (Fsp3) is 0.424. The van der Waals surface area contributed by atoms with Gasteiger partial charge in [0.15, 0.2) is 0 Å².